The molecule has 1 N–H and O–H groups in total. The molecule has 1 heterocycles. The van der Waals surface area contributed by atoms with Gasteiger partial charge in [-0.25, -0.2) is 0 Å². The van der Waals surface area contributed by atoms with Gasteiger partial charge in [0.25, 0.3) is 11.0 Å². The van der Waals surface area contributed by atoms with Crippen LogP contribution in [-0.2, 0) is 4.84 Å². The van der Waals surface area contributed by atoms with Crippen molar-refractivity contribution >= 4 is 5.91 Å². The van der Waals surface area contributed by atoms with E-state index in [2.05, 4.69) is 15.1 Å². The minimum Gasteiger partial charge on any atom is -0.348 e. The van der Waals surface area contributed by atoms with Gasteiger partial charge in [-0.1, -0.05) is 0 Å². The number of nitrogens with zero attached hydrogens (tertiary/aromatic N) is 2. The quantitative estimate of drug-likeness (QED) is 0.649. The molecule has 0 aliphatic rings. The van der Waals surface area contributed by atoms with Gasteiger partial charge in [-0.05, 0) is 32.4 Å². The van der Waals surface area contributed by atoms with E-state index < -0.39 is 11.1 Å². The lowest BCUT2D eigenvalue weighted by atomic mass is 10.1. The SMILES string of the molecule is Cc1cc(C(=O)NC(C)CO[N+](=O)[O-])cnc1C.[HH].[HH].[HH].[HH].[HH].[HH].[HH].[HH].[HH].[HH].[HH].[HH]. The fourth-order valence-electron chi connectivity index (χ4n) is 1.29. The second-order valence-electron chi connectivity index (χ2n) is 4.02. The van der Waals surface area contributed by atoms with Crippen LogP contribution in [0.15, 0.2) is 12.3 Å². The van der Waals surface area contributed by atoms with E-state index in [0.29, 0.717) is 5.56 Å². The maximum absolute atomic E-state index is 11.8. The molecular formula is C11H39N3O4. The Labute approximate surface area is 122 Å². The van der Waals surface area contributed by atoms with Gasteiger partial charge < -0.3 is 10.2 Å². The third-order valence-corrected chi connectivity index (χ3v) is 2.41. The molecule has 1 rings (SSSR count). The molecule has 1 amide bonds. The molecule has 0 aliphatic carbocycles. The smallest absolute Gasteiger partial charge is 0.294 e. The Morgan fingerprint density at radius 3 is 2.89 bits per heavy atom. The van der Waals surface area contributed by atoms with E-state index in [4.69, 9.17) is 0 Å². The van der Waals surface area contributed by atoms with Crippen LogP contribution in [0.4, 0.5) is 0 Å². The first-order valence-electron chi connectivity index (χ1n) is 5.41. The average Bonchev–Trinajstić information content (AvgIpc) is 2.30. The zero-order valence-corrected chi connectivity index (χ0v) is 10.5. The Hall–Kier alpha value is -2.18. The van der Waals surface area contributed by atoms with Crippen molar-refractivity contribution in [1.29, 1.82) is 0 Å². The highest BCUT2D eigenvalue weighted by Gasteiger charge is 2.12. The van der Waals surface area contributed by atoms with Crippen molar-refractivity contribution in [2.75, 3.05) is 6.61 Å². The second-order valence-corrected chi connectivity index (χ2v) is 4.02. The lowest BCUT2D eigenvalue weighted by Crippen LogP contribution is -2.36. The van der Waals surface area contributed by atoms with Gasteiger partial charge in [0.2, 0.25) is 0 Å². The van der Waals surface area contributed by atoms with Crippen LogP contribution in [0.25, 0.3) is 0 Å². The van der Waals surface area contributed by atoms with Gasteiger partial charge in [0.1, 0.15) is 6.61 Å². The molecule has 0 bridgehead atoms. The molecular weight excluding hydrogens is 238 g/mol. The fourth-order valence-corrected chi connectivity index (χ4v) is 1.29. The summed E-state index contributed by atoms with van der Waals surface area (Å²) < 4.78 is 0. The van der Waals surface area contributed by atoms with Crippen LogP contribution in [0.1, 0.15) is 45.7 Å². The normalized spacial score (nSPS) is 11.7. The molecule has 7 nitrogen and oxygen atoms in total. The van der Waals surface area contributed by atoms with E-state index in [-0.39, 0.29) is 29.6 Å². The molecule has 18 heavy (non-hydrogen) atoms. The molecule has 0 aliphatic heterocycles. The number of pyridine rings is 1. The van der Waals surface area contributed by atoms with Crippen molar-refractivity contribution in [2.45, 2.75) is 26.8 Å². The maximum Gasteiger partial charge on any atom is 0.294 e. The number of rotatable bonds is 5. The minimum absolute atomic E-state index is 0. The average molecular weight is 277 g/mol. The lowest BCUT2D eigenvalue weighted by Gasteiger charge is -2.12. The Bertz CT molecular complexity index is 491. The van der Waals surface area contributed by atoms with Crippen molar-refractivity contribution < 1.29 is 31.8 Å². The van der Waals surface area contributed by atoms with Crippen LogP contribution in [0.5, 0.6) is 0 Å². The maximum atomic E-state index is 11.8. The summed E-state index contributed by atoms with van der Waals surface area (Å²) in [7, 11) is 0. The monoisotopic (exact) mass is 277 g/mol. The number of hydrogen-bond donors (Lipinski definition) is 1. The summed E-state index contributed by atoms with van der Waals surface area (Å²) in [6, 6.07) is 1.27. The highest BCUT2D eigenvalue weighted by Crippen LogP contribution is 2.06. The number of aromatic nitrogens is 1. The fraction of sp³-hybridized carbons (Fsp3) is 0.455. The first kappa shape index (κ1) is 13.9. The Kier molecular flexibility index (Phi) is 4.59. The molecule has 0 aromatic carbocycles. The van der Waals surface area contributed by atoms with Crippen molar-refractivity contribution in [2.24, 2.45) is 0 Å². The summed E-state index contributed by atoms with van der Waals surface area (Å²) in [4.78, 5) is 30.0. The van der Waals surface area contributed by atoms with Crippen molar-refractivity contribution in [3.8, 4) is 0 Å². The van der Waals surface area contributed by atoms with E-state index in [1.807, 2.05) is 13.8 Å². The molecule has 7 heteroatoms. The first-order valence-corrected chi connectivity index (χ1v) is 5.41. The predicted molar refractivity (Wildman–Crippen MR) is 89.0 cm³/mol. The van der Waals surface area contributed by atoms with Gasteiger partial charge in [0, 0.05) is 29.0 Å². The zero-order chi connectivity index (χ0) is 13.7. The van der Waals surface area contributed by atoms with Gasteiger partial charge in [-0.3, -0.25) is 9.78 Å². The highest BCUT2D eigenvalue weighted by atomic mass is 16.9. The van der Waals surface area contributed by atoms with Gasteiger partial charge >= 0.3 is 0 Å². The molecule has 0 spiro atoms. The Balaban J connectivity index is -0.0000000270. The van der Waals surface area contributed by atoms with E-state index in [1.54, 1.807) is 13.0 Å². The largest absolute Gasteiger partial charge is 0.348 e. The van der Waals surface area contributed by atoms with Crippen molar-refractivity contribution in [3.63, 3.8) is 0 Å². The molecule has 0 saturated carbocycles. The molecule has 1 atom stereocenters. The molecule has 0 radical (unpaired) electrons. The molecule has 1 aromatic heterocycles. The van der Waals surface area contributed by atoms with Crippen LogP contribution >= 0.6 is 0 Å². The third-order valence-electron chi connectivity index (χ3n) is 2.41. The van der Waals surface area contributed by atoms with Crippen molar-refractivity contribution in [1.82, 2.24) is 10.3 Å². The van der Waals surface area contributed by atoms with Gasteiger partial charge in [0.15, 0.2) is 0 Å². The molecule has 122 valence electrons. The van der Waals surface area contributed by atoms with E-state index >= 15 is 0 Å². The zero-order valence-electron chi connectivity index (χ0n) is 10.5. The molecule has 1 unspecified atom stereocenters. The van der Waals surface area contributed by atoms with Gasteiger partial charge in [-0.15, -0.1) is 10.1 Å². The number of carbonyl (C=O) groups is 1. The minimum atomic E-state index is -0.889. The predicted octanol–water partition coefficient (Wildman–Crippen LogP) is 3.98. The Morgan fingerprint density at radius 1 is 1.67 bits per heavy atom. The summed E-state index contributed by atoms with van der Waals surface area (Å²) in [6.07, 6.45) is 1.47. The first-order chi connectivity index (χ1) is 8.40. The van der Waals surface area contributed by atoms with Crippen LogP contribution in [0.2, 0.25) is 0 Å². The topological polar surface area (TPSA) is 94.4 Å². The van der Waals surface area contributed by atoms with E-state index in [1.165, 1.54) is 6.20 Å². The van der Waals surface area contributed by atoms with E-state index in [9.17, 15) is 14.9 Å². The number of aryl methyl sites for hydroxylation is 2. The van der Waals surface area contributed by atoms with Crippen LogP contribution < -0.4 is 5.32 Å². The third kappa shape index (κ3) is 4.00. The highest BCUT2D eigenvalue weighted by molar-refractivity contribution is 5.94. The van der Waals surface area contributed by atoms with E-state index in [0.717, 1.165) is 11.3 Å². The molecule has 1 aromatic rings. The Morgan fingerprint density at radius 2 is 2.33 bits per heavy atom. The van der Waals surface area contributed by atoms with Crippen molar-refractivity contribution in [3.05, 3.63) is 39.2 Å². The number of carbonyl (C=O) groups excluding carboxylic acids is 1. The number of nitrogens with one attached hydrogen (secondary N) is 1. The lowest BCUT2D eigenvalue weighted by molar-refractivity contribution is -0.758. The number of hydrogen-bond acceptors (Lipinski definition) is 5. The number of amides is 1. The summed E-state index contributed by atoms with van der Waals surface area (Å²) in [5.74, 6) is -0.329. The summed E-state index contributed by atoms with van der Waals surface area (Å²) in [5.41, 5.74) is 2.19. The van der Waals surface area contributed by atoms with Gasteiger partial charge in [-0.2, -0.15) is 0 Å². The van der Waals surface area contributed by atoms with Crippen LogP contribution in [0.3, 0.4) is 0 Å². The van der Waals surface area contributed by atoms with Crippen LogP contribution in [0, 0.1) is 24.0 Å². The second kappa shape index (κ2) is 5.95. The summed E-state index contributed by atoms with van der Waals surface area (Å²) in [6.45, 7) is 5.15. The summed E-state index contributed by atoms with van der Waals surface area (Å²) in [5, 5.41) is 11.7. The molecule has 0 saturated heterocycles. The van der Waals surface area contributed by atoms with Gasteiger partial charge in [0.05, 0.1) is 11.6 Å². The summed E-state index contributed by atoms with van der Waals surface area (Å²) >= 11 is 0. The van der Waals surface area contributed by atoms with Crippen LogP contribution in [-0.4, -0.2) is 28.6 Å². The molecule has 0 fully saturated rings. The standard InChI is InChI=1S/C11H15N3O4.12H2/c1-7-4-10(5-12-9(7)3)11(15)13-8(2)6-18-14(16)17;;;;;;;;;;;;/h4-5,8H,6H2,1-3H3,(H,13,15);12*1H.